The first-order valence-electron chi connectivity index (χ1n) is 7.99. The van der Waals surface area contributed by atoms with Crippen molar-refractivity contribution in [2.24, 2.45) is 0 Å². The van der Waals surface area contributed by atoms with Crippen molar-refractivity contribution in [2.75, 3.05) is 0 Å². The molecule has 124 valence electrons. The lowest BCUT2D eigenvalue weighted by atomic mass is 9.95. The molecule has 0 radical (unpaired) electrons. The molecule has 25 heavy (non-hydrogen) atoms. The molecule has 0 bridgehead atoms. The van der Waals surface area contributed by atoms with Crippen molar-refractivity contribution < 1.29 is 4.39 Å². The second kappa shape index (κ2) is 6.76. The summed E-state index contributed by atoms with van der Waals surface area (Å²) in [5.41, 5.74) is 3.58. The number of H-pyrrole nitrogens is 1. The highest BCUT2D eigenvalue weighted by Gasteiger charge is 2.20. The summed E-state index contributed by atoms with van der Waals surface area (Å²) in [6, 6.07) is 18.8. The van der Waals surface area contributed by atoms with E-state index in [1.807, 2.05) is 30.3 Å². The minimum Gasteiger partial charge on any atom is -0.341 e. The van der Waals surface area contributed by atoms with Crippen LogP contribution < -0.4 is 0 Å². The molecule has 0 spiro atoms. The maximum Gasteiger partial charge on any atom is 0.125 e. The first-order chi connectivity index (χ1) is 12.2. The molecule has 4 rings (SSSR count). The smallest absolute Gasteiger partial charge is 0.125 e. The normalized spacial score (nSPS) is 12.4. The zero-order valence-electron chi connectivity index (χ0n) is 13.3. The lowest BCUT2D eigenvalue weighted by Crippen LogP contribution is -2.09. The third kappa shape index (κ3) is 3.46. The van der Waals surface area contributed by atoms with Gasteiger partial charge in [0.2, 0.25) is 0 Å². The molecule has 2 aromatic carbocycles. The fraction of sp³-hybridized carbons (Fsp3) is 0.100. The Bertz CT molecular complexity index is 997. The van der Waals surface area contributed by atoms with Gasteiger partial charge in [-0.05, 0) is 52.2 Å². The standard InChI is InChI=1S/C20H15BrFN3/c21-14-6-8-17(23-12-14)16(10-13-4-2-1-3-5-13)20-24-18-9-7-15(22)11-19(18)25-20/h1-9,11-12,16H,10H2,(H,24,25). The number of pyridine rings is 1. The second-order valence-corrected chi connectivity index (χ2v) is 6.84. The number of rotatable bonds is 4. The summed E-state index contributed by atoms with van der Waals surface area (Å²) < 4.78 is 14.4. The Hall–Kier alpha value is -2.53. The Balaban J connectivity index is 1.79. The number of nitrogens with one attached hydrogen (secondary N) is 1. The van der Waals surface area contributed by atoms with E-state index in [-0.39, 0.29) is 11.7 Å². The SMILES string of the molecule is Fc1ccc2[nH]c(C(Cc3ccccc3)c3ccc(Br)cn3)nc2c1. The van der Waals surface area contributed by atoms with Crippen LogP contribution in [0.1, 0.15) is 23.0 Å². The number of nitrogens with zero attached hydrogens (tertiary/aromatic N) is 2. The molecule has 0 amide bonds. The second-order valence-electron chi connectivity index (χ2n) is 5.93. The quantitative estimate of drug-likeness (QED) is 0.513. The van der Waals surface area contributed by atoms with Crippen molar-refractivity contribution in [1.29, 1.82) is 0 Å². The van der Waals surface area contributed by atoms with Crippen LogP contribution >= 0.6 is 15.9 Å². The number of aromatic nitrogens is 3. The Labute approximate surface area is 153 Å². The van der Waals surface area contributed by atoms with Crippen LogP contribution in [0.5, 0.6) is 0 Å². The first kappa shape index (κ1) is 16.0. The number of hydrogen-bond donors (Lipinski definition) is 1. The minimum atomic E-state index is -0.285. The zero-order valence-corrected chi connectivity index (χ0v) is 14.9. The number of aromatic amines is 1. The average Bonchev–Trinajstić information content (AvgIpc) is 3.04. The van der Waals surface area contributed by atoms with Crippen molar-refractivity contribution in [1.82, 2.24) is 15.0 Å². The molecular weight excluding hydrogens is 381 g/mol. The highest BCUT2D eigenvalue weighted by Crippen LogP contribution is 2.28. The molecule has 0 saturated heterocycles. The molecule has 1 N–H and O–H groups in total. The van der Waals surface area contributed by atoms with E-state index in [1.165, 1.54) is 17.7 Å². The zero-order chi connectivity index (χ0) is 17.2. The van der Waals surface area contributed by atoms with E-state index < -0.39 is 0 Å². The highest BCUT2D eigenvalue weighted by molar-refractivity contribution is 9.10. The van der Waals surface area contributed by atoms with E-state index in [4.69, 9.17) is 0 Å². The number of hydrogen-bond acceptors (Lipinski definition) is 2. The van der Waals surface area contributed by atoms with Gasteiger partial charge in [0.25, 0.3) is 0 Å². The van der Waals surface area contributed by atoms with E-state index in [1.54, 1.807) is 12.3 Å². The maximum atomic E-state index is 13.5. The van der Waals surface area contributed by atoms with Crippen LogP contribution in [0, 0.1) is 5.82 Å². The van der Waals surface area contributed by atoms with Crippen LogP contribution in [0.3, 0.4) is 0 Å². The summed E-state index contributed by atoms with van der Waals surface area (Å²) in [5, 5.41) is 0. The van der Waals surface area contributed by atoms with Gasteiger partial charge in [-0.1, -0.05) is 30.3 Å². The van der Waals surface area contributed by atoms with Gasteiger partial charge in [0.15, 0.2) is 0 Å². The van der Waals surface area contributed by atoms with Crippen molar-refractivity contribution in [3.63, 3.8) is 0 Å². The summed E-state index contributed by atoms with van der Waals surface area (Å²) in [7, 11) is 0. The predicted octanol–water partition coefficient (Wildman–Crippen LogP) is 5.23. The van der Waals surface area contributed by atoms with Crippen LogP contribution in [0.15, 0.2) is 71.3 Å². The summed E-state index contributed by atoms with van der Waals surface area (Å²) in [6.45, 7) is 0. The molecule has 0 saturated carbocycles. The van der Waals surface area contributed by atoms with Crippen LogP contribution in [0.4, 0.5) is 4.39 Å². The van der Waals surface area contributed by atoms with E-state index in [0.29, 0.717) is 5.52 Å². The van der Waals surface area contributed by atoms with Gasteiger partial charge in [-0.25, -0.2) is 9.37 Å². The Morgan fingerprint density at radius 1 is 1.04 bits per heavy atom. The largest absolute Gasteiger partial charge is 0.341 e. The summed E-state index contributed by atoms with van der Waals surface area (Å²) in [5.74, 6) is 0.470. The molecule has 0 fully saturated rings. The topological polar surface area (TPSA) is 41.6 Å². The lowest BCUT2D eigenvalue weighted by Gasteiger charge is -2.14. The summed E-state index contributed by atoms with van der Waals surface area (Å²) in [4.78, 5) is 12.5. The van der Waals surface area contributed by atoms with Gasteiger partial charge in [-0.15, -0.1) is 0 Å². The number of benzene rings is 2. The molecule has 5 heteroatoms. The van der Waals surface area contributed by atoms with Gasteiger partial charge in [-0.2, -0.15) is 0 Å². The van der Waals surface area contributed by atoms with E-state index in [9.17, 15) is 4.39 Å². The van der Waals surface area contributed by atoms with Crippen LogP contribution in [-0.4, -0.2) is 15.0 Å². The first-order valence-corrected chi connectivity index (χ1v) is 8.79. The third-order valence-electron chi connectivity index (χ3n) is 4.18. The van der Waals surface area contributed by atoms with Gasteiger partial charge in [0, 0.05) is 16.7 Å². The Morgan fingerprint density at radius 3 is 2.64 bits per heavy atom. The van der Waals surface area contributed by atoms with Gasteiger partial charge >= 0.3 is 0 Å². The fourth-order valence-corrected chi connectivity index (χ4v) is 3.18. The Morgan fingerprint density at radius 2 is 1.88 bits per heavy atom. The molecule has 0 aliphatic rings. The molecule has 3 nitrogen and oxygen atoms in total. The molecule has 2 aromatic heterocycles. The van der Waals surface area contributed by atoms with Crippen LogP contribution in [0.25, 0.3) is 11.0 Å². The molecule has 1 unspecified atom stereocenters. The lowest BCUT2D eigenvalue weighted by molar-refractivity contribution is 0.629. The molecule has 1 atom stereocenters. The van der Waals surface area contributed by atoms with Gasteiger partial charge < -0.3 is 4.98 Å². The van der Waals surface area contributed by atoms with Gasteiger partial charge in [-0.3, -0.25) is 4.98 Å². The van der Waals surface area contributed by atoms with E-state index >= 15 is 0 Å². The van der Waals surface area contributed by atoms with Crippen molar-refractivity contribution in [3.8, 4) is 0 Å². The molecule has 4 aromatic rings. The minimum absolute atomic E-state index is 0.0361. The summed E-state index contributed by atoms with van der Waals surface area (Å²) in [6.07, 6.45) is 2.55. The molecule has 2 heterocycles. The van der Waals surface area contributed by atoms with Crippen molar-refractivity contribution >= 4 is 27.0 Å². The van der Waals surface area contributed by atoms with Crippen molar-refractivity contribution in [2.45, 2.75) is 12.3 Å². The van der Waals surface area contributed by atoms with Crippen LogP contribution in [0.2, 0.25) is 0 Å². The monoisotopic (exact) mass is 395 g/mol. The summed E-state index contributed by atoms with van der Waals surface area (Å²) >= 11 is 3.43. The average molecular weight is 396 g/mol. The molecular formula is C20H15BrFN3. The maximum absolute atomic E-state index is 13.5. The molecule has 0 aliphatic heterocycles. The highest BCUT2D eigenvalue weighted by atomic mass is 79.9. The van der Waals surface area contributed by atoms with Gasteiger partial charge in [0.05, 0.1) is 22.6 Å². The van der Waals surface area contributed by atoms with Crippen molar-refractivity contribution in [3.05, 3.63) is 94.2 Å². The van der Waals surface area contributed by atoms with E-state index in [2.05, 4.69) is 43.0 Å². The van der Waals surface area contributed by atoms with Crippen LogP contribution in [-0.2, 0) is 6.42 Å². The molecule has 0 aliphatic carbocycles. The van der Waals surface area contributed by atoms with E-state index in [0.717, 1.165) is 27.9 Å². The number of fused-ring (bicyclic) bond motifs is 1. The number of imidazole rings is 1. The third-order valence-corrected chi connectivity index (χ3v) is 4.65. The van der Waals surface area contributed by atoms with Gasteiger partial charge in [0.1, 0.15) is 11.6 Å². The number of halogens is 2. The Kier molecular flexibility index (Phi) is 4.32. The fourth-order valence-electron chi connectivity index (χ4n) is 2.95. The predicted molar refractivity (Wildman–Crippen MR) is 100.0 cm³/mol.